The number of rotatable bonds is 2. The maximum atomic E-state index is 5.83. The molecule has 1 saturated carbocycles. The first-order valence-electron chi connectivity index (χ1n) is 7.84. The fourth-order valence-corrected chi connectivity index (χ4v) is 3.29. The van der Waals surface area contributed by atoms with Gasteiger partial charge in [-0.1, -0.05) is 13.8 Å². The summed E-state index contributed by atoms with van der Waals surface area (Å²) in [6.07, 6.45) is 5.11. The molecule has 0 saturated heterocycles. The molecule has 21 heavy (non-hydrogen) atoms. The maximum absolute atomic E-state index is 5.83. The van der Waals surface area contributed by atoms with Crippen molar-refractivity contribution in [2.45, 2.75) is 45.6 Å². The van der Waals surface area contributed by atoms with Crippen molar-refractivity contribution in [3.8, 4) is 0 Å². The highest BCUT2D eigenvalue weighted by Gasteiger charge is 2.29. The zero-order valence-electron chi connectivity index (χ0n) is 13.3. The minimum atomic E-state index is 0.506. The third-order valence-electron chi connectivity index (χ3n) is 4.92. The van der Waals surface area contributed by atoms with Gasteiger partial charge >= 0.3 is 0 Å². The summed E-state index contributed by atoms with van der Waals surface area (Å²) in [5.41, 5.74) is 8.14. The van der Waals surface area contributed by atoms with Crippen LogP contribution in [-0.4, -0.2) is 18.1 Å². The predicted molar refractivity (Wildman–Crippen MR) is 90.6 cm³/mol. The molecule has 3 heteroatoms. The van der Waals surface area contributed by atoms with E-state index in [0.717, 1.165) is 22.4 Å². The minimum Gasteiger partial charge on any atom is -0.399 e. The lowest BCUT2D eigenvalue weighted by molar-refractivity contribution is 0.222. The van der Waals surface area contributed by atoms with E-state index in [-0.39, 0.29) is 0 Å². The van der Waals surface area contributed by atoms with Gasteiger partial charge in [-0.05, 0) is 61.4 Å². The molecule has 0 amide bonds. The van der Waals surface area contributed by atoms with Gasteiger partial charge in [0.1, 0.15) is 5.82 Å². The largest absolute Gasteiger partial charge is 0.399 e. The predicted octanol–water partition coefficient (Wildman–Crippen LogP) is 4.22. The van der Waals surface area contributed by atoms with Crippen LogP contribution in [-0.2, 0) is 0 Å². The first kappa shape index (κ1) is 14.2. The first-order valence-corrected chi connectivity index (χ1v) is 7.84. The zero-order chi connectivity index (χ0) is 15.0. The normalized spacial score (nSPS) is 18.8. The summed E-state index contributed by atoms with van der Waals surface area (Å²) in [6, 6.07) is 10.7. The molecular weight excluding hydrogens is 258 g/mol. The minimum absolute atomic E-state index is 0.506. The first-order chi connectivity index (χ1) is 9.94. The molecule has 1 aromatic heterocycles. The van der Waals surface area contributed by atoms with Gasteiger partial charge in [0.05, 0.1) is 5.52 Å². The number of fused-ring (bicyclic) bond motifs is 1. The van der Waals surface area contributed by atoms with Gasteiger partial charge in [-0.2, -0.15) is 0 Å². The Morgan fingerprint density at radius 2 is 1.86 bits per heavy atom. The van der Waals surface area contributed by atoms with Crippen molar-refractivity contribution in [3.63, 3.8) is 0 Å². The molecule has 3 nitrogen and oxygen atoms in total. The molecule has 0 atom stereocenters. The van der Waals surface area contributed by atoms with Crippen LogP contribution in [0.5, 0.6) is 0 Å². The van der Waals surface area contributed by atoms with E-state index in [9.17, 15) is 0 Å². The van der Waals surface area contributed by atoms with Crippen molar-refractivity contribution in [2.75, 3.05) is 17.7 Å². The Kier molecular flexibility index (Phi) is 3.52. The average molecular weight is 283 g/mol. The number of pyridine rings is 1. The number of nitrogens with zero attached hydrogens (tertiary/aromatic N) is 2. The maximum Gasteiger partial charge on any atom is 0.129 e. The molecule has 0 spiro atoms. The quantitative estimate of drug-likeness (QED) is 0.839. The molecule has 1 fully saturated rings. The molecular formula is C18H25N3. The molecule has 0 aliphatic heterocycles. The number of benzene rings is 1. The van der Waals surface area contributed by atoms with Crippen LogP contribution >= 0.6 is 0 Å². The number of hydrogen-bond acceptors (Lipinski definition) is 3. The molecule has 2 aromatic rings. The SMILES string of the molecule is CN(c1ccc2cc(N)ccc2n1)C1CCC(C)(C)CC1. The van der Waals surface area contributed by atoms with E-state index in [1.807, 2.05) is 18.2 Å². The van der Waals surface area contributed by atoms with Gasteiger partial charge in [0, 0.05) is 24.2 Å². The molecule has 3 rings (SSSR count). The van der Waals surface area contributed by atoms with Gasteiger partial charge in [-0.25, -0.2) is 4.98 Å². The summed E-state index contributed by atoms with van der Waals surface area (Å²) >= 11 is 0. The second kappa shape index (κ2) is 5.21. The van der Waals surface area contributed by atoms with E-state index in [2.05, 4.69) is 37.9 Å². The summed E-state index contributed by atoms with van der Waals surface area (Å²) in [7, 11) is 2.18. The third kappa shape index (κ3) is 2.97. The lowest BCUT2D eigenvalue weighted by atomic mass is 9.75. The van der Waals surface area contributed by atoms with Crippen LogP contribution in [0.1, 0.15) is 39.5 Å². The molecule has 1 aliphatic carbocycles. The van der Waals surface area contributed by atoms with Crippen molar-refractivity contribution in [3.05, 3.63) is 30.3 Å². The Hall–Kier alpha value is -1.77. The fourth-order valence-electron chi connectivity index (χ4n) is 3.29. The molecule has 112 valence electrons. The smallest absolute Gasteiger partial charge is 0.129 e. The number of anilines is 2. The summed E-state index contributed by atoms with van der Waals surface area (Å²) in [5.74, 6) is 1.07. The van der Waals surface area contributed by atoms with Gasteiger partial charge in [0.25, 0.3) is 0 Å². The van der Waals surface area contributed by atoms with E-state index in [4.69, 9.17) is 10.7 Å². The number of nitrogens with two attached hydrogens (primary N) is 1. The standard InChI is InChI=1S/C18H25N3/c1-18(2)10-8-15(9-11-18)21(3)17-7-4-13-12-14(19)5-6-16(13)20-17/h4-7,12,15H,8-11,19H2,1-3H3. The molecule has 0 radical (unpaired) electrons. The van der Waals surface area contributed by atoms with E-state index in [1.165, 1.54) is 25.7 Å². The lowest BCUT2D eigenvalue weighted by Crippen LogP contribution is -2.37. The van der Waals surface area contributed by atoms with Crippen molar-refractivity contribution in [1.82, 2.24) is 4.98 Å². The Labute approximate surface area is 127 Å². The van der Waals surface area contributed by atoms with Crippen molar-refractivity contribution < 1.29 is 0 Å². The second-order valence-electron chi connectivity index (χ2n) is 7.13. The summed E-state index contributed by atoms with van der Waals surface area (Å²) < 4.78 is 0. The van der Waals surface area contributed by atoms with E-state index in [0.29, 0.717) is 11.5 Å². The van der Waals surface area contributed by atoms with Crippen molar-refractivity contribution in [2.24, 2.45) is 5.41 Å². The topological polar surface area (TPSA) is 42.1 Å². The highest BCUT2D eigenvalue weighted by atomic mass is 15.2. The number of aromatic nitrogens is 1. The molecule has 1 heterocycles. The number of hydrogen-bond donors (Lipinski definition) is 1. The molecule has 1 aliphatic rings. The van der Waals surface area contributed by atoms with Crippen LogP contribution in [0.3, 0.4) is 0 Å². The summed E-state index contributed by atoms with van der Waals surface area (Å²) in [6.45, 7) is 4.75. The Balaban J connectivity index is 1.81. The van der Waals surface area contributed by atoms with Gasteiger partial charge in [0.15, 0.2) is 0 Å². The van der Waals surface area contributed by atoms with E-state index < -0.39 is 0 Å². The summed E-state index contributed by atoms with van der Waals surface area (Å²) in [5, 5.41) is 1.11. The Bertz CT molecular complexity index is 638. The van der Waals surface area contributed by atoms with Crippen LogP contribution in [0.25, 0.3) is 10.9 Å². The van der Waals surface area contributed by atoms with E-state index >= 15 is 0 Å². The van der Waals surface area contributed by atoms with Crippen LogP contribution in [0.4, 0.5) is 11.5 Å². The van der Waals surface area contributed by atoms with Crippen LogP contribution in [0, 0.1) is 5.41 Å². The molecule has 2 N–H and O–H groups in total. The third-order valence-corrected chi connectivity index (χ3v) is 4.92. The molecule has 0 bridgehead atoms. The Morgan fingerprint density at radius 3 is 2.57 bits per heavy atom. The van der Waals surface area contributed by atoms with Crippen molar-refractivity contribution >= 4 is 22.4 Å². The van der Waals surface area contributed by atoms with E-state index in [1.54, 1.807) is 0 Å². The van der Waals surface area contributed by atoms with Crippen LogP contribution in [0.15, 0.2) is 30.3 Å². The summed E-state index contributed by atoms with van der Waals surface area (Å²) in [4.78, 5) is 7.15. The van der Waals surface area contributed by atoms with Gasteiger partial charge in [0.2, 0.25) is 0 Å². The molecule has 0 unspecified atom stereocenters. The lowest BCUT2D eigenvalue weighted by Gasteiger charge is -2.39. The molecule has 1 aromatic carbocycles. The van der Waals surface area contributed by atoms with Crippen molar-refractivity contribution in [1.29, 1.82) is 0 Å². The monoisotopic (exact) mass is 283 g/mol. The van der Waals surface area contributed by atoms with Crippen LogP contribution in [0.2, 0.25) is 0 Å². The van der Waals surface area contributed by atoms with Gasteiger partial charge < -0.3 is 10.6 Å². The fraction of sp³-hybridized carbons (Fsp3) is 0.500. The zero-order valence-corrected chi connectivity index (χ0v) is 13.3. The van der Waals surface area contributed by atoms with Gasteiger partial charge in [-0.3, -0.25) is 0 Å². The number of nitrogen functional groups attached to an aromatic ring is 1. The van der Waals surface area contributed by atoms with Crippen LogP contribution < -0.4 is 10.6 Å². The highest BCUT2D eigenvalue weighted by molar-refractivity contribution is 5.83. The second-order valence-corrected chi connectivity index (χ2v) is 7.13. The van der Waals surface area contributed by atoms with Gasteiger partial charge in [-0.15, -0.1) is 0 Å². The average Bonchev–Trinajstić information content (AvgIpc) is 2.46. The highest BCUT2D eigenvalue weighted by Crippen LogP contribution is 2.37. The Morgan fingerprint density at radius 1 is 1.14 bits per heavy atom.